The average Bonchev–Trinajstić information content (AvgIpc) is 2.73. The first-order chi connectivity index (χ1) is 10.5. The fourth-order valence-corrected chi connectivity index (χ4v) is 2.72. The Kier molecular flexibility index (Phi) is 6.32. The molecular weight excluding hydrogens is 325 g/mol. The molecule has 7 heteroatoms. The van der Waals surface area contributed by atoms with E-state index in [-0.39, 0.29) is 18.1 Å². The molecule has 0 spiro atoms. The van der Waals surface area contributed by atoms with E-state index in [1.807, 2.05) is 12.1 Å². The Morgan fingerprint density at radius 1 is 1.41 bits per heavy atom. The van der Waals surface area contributed by atoms with E-state index in [1.165, 1.54) is 4.90 Å². The zero-order valence-electron chi connectivity index (χ0n) is 12.7. The molecule has 0 radical (unpaired) electrons. The lowest BCUT2D eigenvalue weighted by molar-refractivity contribution is 0.0532. The van der Waals surface area contributed by atoms with Crippen molar-refractivity contribution < 1.29 is 9.53 Å². The topological polar surface area (TPSA) is 53.6 Å². The number of nitrogens with one attached hydrogen (secondary N) is 2. The molecular formula is C15H21Cl2N3O2. The van der Waals surface area contributed by atoms with E-state index in [0.717, 1.165) is 18.7 Å². The van der Waals surface area contributed by atoms with Crippen molar-refractivity contribution in [3.63, 3.8) is 0 Å². The lowest BCUT2D eigenvalue weighted by atomic mass is 9.93. The summed E-state index contributed by atoms with van der Waals surface area (Å²) >= 11 is 12.1. The summed E-state index contributed by atoms with van der Waals surface area (Å²) in [5, 5.41) is 7.29. The number of carbonyl (C=O) groups is 1. The van der Waals surface area contributed by atoms with Gasteiger partial charge in [0.15, 0.2) is 0 Å². The third-order valence-corrected chi connectivity index (χ3v) is 4.40. The molecule has 0 bridgehead atoms. The molecule has 2 atom stereocenters. The lowest BCUT2D eigenvalue weighted by Crippen LogP contribution is -2.42. The highest BCUT2D eigenvalue weighted by molar-refractivity contribution is 6.42. The van der Waals surface area contributed by atoms with Crippen LogP contribution in [0, 0.1) is 0 Å². The number of halogens is 2. The van der Waals surface area contributed by atoms with E-state index in [4.69, 9.17) is 27.9 Å². The van der Waals surface area contributed by atoms with Gasteiger partial charge in [-0.15, -0.1) is 0 Å². The highest BCUT2D eigenvalue weighted by atomic mass is 35.5. The van der Waals surface area contributed by atoms with Crippen molar-refractivity contribution in [2.24, 2.45) is 0 Å². The minimum atomic E-state index is -0.131. The Hall–Kier alpha value is -1.01. The number of ether oxygens (including phenoxy) is 1. The van der Waals surface area contributed by atoms with Crippen LogP contribution in [0.4, 0.5) is 4.79 Å². The second-order valence-electron chi connectivity index (χ2n) is 5.47. The summed E-state index contributed by atoms with van der Waals surface area (Å²) in [7, 11) is 3.42. The number of nitrogens with zero attached hydrogens (tertiary/aromatic N) is 1. The molecule has 1 fully saturated rings. The smallest absolute Gasteiger partial charge is 0.316 e. The van der Waals surface area contributed by atoms with Crippen molar-refractivity contribution in [3.8, 4) is 0 Å². The lowest BCUT2D eigenvalue weighted by Gasteiger charge is -2.26. The van der Waals surface area contributed by atoms with Crippen LogP contribution in [0.2, 0.25) is 10.0 Å². The first-order valence-corrected chi connectivity index (χ1v) is 7.97. The molecule has 1 heterocycles. The van der Waals surface area contributed by atoms with Gasteiger partial charge in [-0.05, 0) is 17.7 Å². The zero-order valence-corrected chi connectivity index (χ0v) is 14.2. The van der Waals surface area contributed by atoms with Crippen molar-refractivity contribution in [2.45, 2.75) is 12.0 Å². The Labute approximate surface area is 140 Å². The van der Waals surface area contributed by atoms with Gasteiger partial charge in [-0.2, -0.15) is 0 Å². The summed E-state index contributed by atoms with van der Waals surface area (Å²) in [5.74, 6) is 0.0970. The fourth-order valence-electron chi connectivity index (χ4n) is 2.41. The van der Waals surface area contributed by atoms with Crippen LogP contribution in [0.25, 0.3) is 0 Å². The van der Waals surface area contributed by atoms with E-state index < -0.39 is 0 Å². The summed E-state index contributed by atoms with van der Waals surface area (Å²) in [6.45, 7) is 2.61. The van der Waals surface area contributed by atoms with Crippen LogP contribution >= 0.6 is 23.2 Å². The van der Waals surface area contributed by atoms with Crippen molar-refractivity contribution in [3.05, 3.63) is 33.8 Å². The number of hydrogen-bond acceptors (Lipinski definition) is 3. The predicted octanol–water partition coefficient (Wildman–Crippen LogP) is 2.34. The maximum Gasteiger partial charge on any atom is 0.316 e. The Morgan fingerprint density at radius 3 is 2.86 bits per heavy atom. The van der Waals surface area contributed by atoms with E-state index in [0.29, 0.717) is 23.2 Å². The second kappa shape index (κ2) is 8.02. The van der Waals surface area contributed by atoms with E-state index in [9.17, 15) is 4.79 Å². The minimum absolute atomic E-state index is 0.0970. The summed E-state index contributed by atoms with van der Waals surface area (Å²) in [5.41, 5.74) is 1.05. The zero-order chi connectivity index (χ0) is 16.1. The highest BCUT2D eigenvalue weighted by Crippen LogP contribution is 2.29. The second-order valence-corrected chi connectivity index (χ2v) is 6.29. The van der Waals surface area contributed by atoms with Crippen molar-refractivity contribution in [1.29, 1.82) is 0 Å². The highest BCUT2D eigenvalue weighted by Gasteiger charge is 2.27. The number of amides is 2. The van der Waals surface area contributed by atoms with E-state index in [2.05, 4.69) is 10.6 Å². The molecule has 0 saturated carbocycles. The summed E-state index contributed by atoms with van der Waals surface area (Å²) in [4.78, 5) is 13.2. The molecule has 2 unspecified atom stereocenters. The van der Waals surface area contributed by atoms with Gasteiger partial charge < -0.3 is 20.3 Å². The molecule has 2 N–H and O–H groups in total. The van der Waals surface area contributed by atoms with Gasteiger partial charge >= 0.3 is 6.03 Å². The van der Waals surface area contributed by atoms with Crippen LogP contribution in [-0.4, -0.2) is 57.4 Å². The van der Waals surface area contributed by atoms with Crippen LogP contribution in [0.1, 0.15) is 11.5 Å². The van der Waals surface area contributed by atoms with Gasteiger partial charge in [0.2, 0.25) is 0 Å². The summed E-state index contributed by atoms with van der Waals surface area (Å²) < 4.78 is 5.90. The molecule has 122 valence electrons. The number of benzene rings is 1. The Bertz CT molecular complexity index is 526. The van der Waals surface area contributed by atoms with Crippen LogP contribution in [0.3, 0.4) is 0 Å². The van der Waals surface area contributed by atoms with Gasteiger partial charge in [0.25, 0.3) is 0 Å². The van der Waals surface area contributed by atoms with Gasteiger partial charge in [-0.3, -0.25) is 0 Å². The van der Waals surface area contributed by atoms with E-state index in [1.54, 1.807) is 20.2 Å². The van der Waals surface area contributed by atoms with Crippen LogP contribution in [0.15, 0.2) is 18.2 Å². The predicted molar refractivity (Wildman–Crippen MR) is 88.9 cm³/mol. The molecule has 2 rings (SSSR count). The first-order valence-electron chi connectivity index (χ1n) is 7.21. The monoisotopic (exact) mass is 345 g/mol. The third-order valence-electron chi connectivity index (χ3n) is 3.66. The normalized spacial score (nSPS) is 22.0. The van der Waals surface area contributed by atoms with Gasteiger partial charge in [0, 0.05) is 39.6 Å². The fraction of sp³-hybridized carbons (Fsp3) is 0.533. The summed E-state index contributed by atoms with van der Waals surface area (Å²) in [6.07, 6.45) is -0.115. The Balaban J connectivity index is 2.13. The third kappa shape index (κ3) is 4.49. The molecule has 1 aromatic rings. The van der Waals surface area contributed by atoms with Gasteiger partial charge in [-0.25, -0.2) is 4.79 Å². The molecule has 5 nitrogen and oxygen atoms in total. The molecule has 22 heavy (non-hydrogen) atoms. The van der Waals surface area contributed by atoms with Crippen LogP contribution in [0.5, 0.6) is 0 Å². The number of urea groups is 1. The molecule has 1 aliphatic heterocycles. The molecule has 2 amide bonds. The van der Waals surface area contributed by atoms with Crippen molar-refractivity contribution in [2.75, 3.05) is 40.3 Å². The number of carbonyl (C=O) groups excluding carboxylic acids is 1. The Morgan fingerprint density at radius 2 is 2.18 bits per heavy atom. The molecule has 0 aliphatic carbocycles. The SMILES string of the molecule is CN(C)C(=O)NCC1OCCNCC1c1ccc(Cl)c(Cl)c1. The quantitative estimate of drug-likeness (QED) is 0.883. The van der Waals surface area contributed by atoms with Crippen molar-refractivity contribution in [1.82, 2.24) is 15.5 Å². The van der Waals surface area contributed by atoms with Gasteiger partial charge in [0.05, 0.1) is 22.8 Å². The number of rotatable bonds is 3. The standard InChI is InChI=1S/C15H21Cl2N3O2/c1-20(2)15(21)19-9-14-11(8-18-5-6-22-14)10-3-4-12(16)13(17)7-10/h3-4,7,11,14,18H,5-6,8-9H2,1-2H3,(H,19,21). The number of hydrogen-bond donors (Lipinski definition) is 2. The molecule has 1 aromatic carbocycles. The maximum atomic E-state index is 11.7. The molecule has 0 aromatic heterocycles. The van der Waals surface area contributed by atoms with Crippen LogP contribution in [-0.2, 0) is 4.74 Å². The first kappa shape index (κ1) is 17.3. The maximum absolute atomic E-state index is 11.7. The van der Waals surface area contributed by atoms with Gasteiger partial charge in [-0.1, -0.05) is 29.3 Å². The van der Waals surface area contributed by atoms with Crippen molar-refractivity contribution >= 4 is 29.2 Å². The minimum Gasteiger partial charge on any atom is -0.374 e. The average molecular weight is 346 g/mol. The summed E-state index contributed by atoms with van der Waals surface area (Å²) in [6, 6.07) is 5.48. The molecule has 1 saturated heterocycles. The van der Waals surface area contributed by atoms with E-state index >= 15 is 0 Å². The van der Waals surface area contributed by atoms with Gasteiger partial charge in [0.1, 0.15) is 0 Å². The molecule has 1 aliphatic rings. The largest absolute Gasteiger partial charge is 0.374 e. The van der Waals surface area contributed by atoms with Crippen LogP contribution < -0.4 is 10.6 Å².